The average Bonchev–Trinajstić information content (AvgIpc) is 3.49. The van der Waals surface area contributed by atoms with Crippen LogP contribution in [0.2, 0.25) is 0 Å². The second-order valence-corrected chi connectivity index (χ2v) is 12.4. The van der Waals surface area contributed by atoms with Gasteiger partial charge in [0.15, 0.2) is 5.78 Å². The van der Waals surface area contributed by atoms with Crippen LogP contribution in [-0.2, 0) is 11.3 Å². The number of Topliss-reactive ketones (excluding diaryl/α,β-unsaturated/α-hetero) is 1. The molecule has 0 spiro atoms. The van der Waals surface area contributed by atoms with E-state index in [-0.39, 0.29) is 16.9 Å². The summed E-state index contributed by atoms with van der Waals surface area (Å²) in [5.74, 6) is 2.81. The van der Waals surface area contributed by atoms with Crippen molar-refractivity contribution in [2.45, 2.75) is 77.9 Å². The molecule has 1 N–H and O–H groups in total. The van der Waals surface area contributed by atoms with Crippen LogP contribution in [0.5, 0.6) is 5.75 Å². The molecule has 6 rings (SSSR count). The summed E-state index contributed by atoms with van der Waals surface area (Å²) in [6, 6.07) is 8.16. The number of aromatic nitrogens is 2. The summed E-state index contributed by atoms with van der Waals surface area (Å²) in [5.41, 5.74) is 3.48. The van der Waals surface area contributed by atoms with Crippen molar-refractivity contribution in [3.63, 3.8) is 0 Å². The Hall–Kier alpha value is -2.66. The molecule has 6 atom stereocenters. The zero-order chi connectivity index (χ0) is 25.6. The van der Waals surface area contributed by atoms with Gasteiger partial charge >= 0.3 is 0 Å². The van der Waals surface area contributed by atoms with E-state index < -0.39 is 0 Å². The number of aliphatic hydroxyl groups is 1. The van der Waals surface area contributed by atoms with E-state index in [4.69, 9.17) is 4.74 Å². The van der Waals surface area contributed by atoms with Crippen molar-refractivity contribution < 1.29 is 14.6 Å². The molecule has 0 bridgehead atoms. The number of hydrogen-bond donors (Lipinski definition) is 1. The lowest BCUT2D eigenvalue weighted by Crippen LogP contribution is -2.50. The summed E-state index contributed by atoms with van der Waals surface area (Å²) >= 11 is 0. The molecule has 0 amide bonds. The van der Waals surface area contributed by atoms with E-state index in [1.165, 1.54) is 5.57 Å². The topological polar surface area (TPSA) is 64.3 Å². The third-order valence-corrected chi connectivity index (χ3v) is 10.3. The van der Waals surface area contributed by atoms with Gasteiger partial charge in [0.1, 0.15) is 5.75 Å². The third kappa shape index (κ3) is 4.39. The molecule has 37 heavy (non-hydrogen) atoms. The number of benzene rings is 1. The van der Waals surface area contributed by atoms with Gasteiger partial charge in [-0.3, -0.25) is 4.79 Å². The lowest BCUT2D eigenvalue weighted by Gasteiger charge is -2.56. The first-order valence-corrected chi connectivity index (χ1v) is 14.2. The molecule has 0 aliphatic heterocycles. The van der Waals surface area contributed by atoms with E-state index in [1.54, 1.807) is 6.20 Å². The molecule has 2 aromatic rings. The van der Waals surface area contributed by atoms with Crippen molar-refractivity contribution in [1.29, 1.82) is 0 Å². The van der Waals surface area contributed by atoms with Gasteiger partial charge in [-0.05, 0) is 104 Å². The Morgan fingerprint density at radius 3 is 2.86 bits per heavy atom. The number of hydrogen-bond acceptors (Lipinski definition) is 4. The summed E-state index contributed by atoms with van der Waals surface area (Å²) in [6.45, 7) is 6.21. The average molecular weight is 501 g/mol. The number of aryl methyl sites for hydroxylation is 1. The Morgan fingerprint density at radius 2 is 2.03 bits per heavy atom. The van der Waals surface area contributed by atoms with E-state index in [9.17, 15) is 9.90 Å². The maximum Gasteiger partial charge on any atom is 0.165 e. The number of ether oxygens (including phenoxy) is 1. The summed E-state index contributed by atoms with van der Waals surface area (Å²) in [6.07, 6.45) is 17.8. The highest BCUT2D eigenvalue weighted by molar-refractivity contribution is 6.06. The fourth-order valence-electron chi connectivity index (χ4n) is 8.19. The Kier molecular flexibility index (Phi) is 6.38. The van der Waals surface area contributed by atoms with Crippen molar-refractivity contribution in [1.82, 2.24) is 9.55 Å². The van der Waals surface area contributed by atoms with Crippen molar-refractivity contribution >= 4 is 11.9 Å². The third-order valence-electron chi connectivity index (χ3n) is 10.3. The minimum Gasteiger partial charge on any atom is -0.494 e. The molecular weight excluding hydrogens is 460 g/mol. The molecule has 5 heteroatoms. The van der Waals surface area contributed by atoms with Crippen LogP contribution in [0.3, 0.4) is 0 Å². The summed E-state index contributed by atoms with van der Waals surface area (Å²) in [4.78, 5) is 17.9. The van der Waals surface area contributed by atoms with Crippen LogP contribution < -0.4 is 4.74 Å². The lowest BCUT2D eigenvalue weighted by atomic mass is 9.48. The van der Waals surface area contributed by atoms with Gasteiger partial charge < -0.3 is 14.4 Å². The first kappa shape index (κ1) is 24.7. The summed E-state index contributed by atoms with van der Waals surface area (Å²) in [5, 5.41) is 10.3. The number of ketones is 1. The van der Waals surface area contributed by atoms with Gasteiger partial charge in [0.25, 0.3) is 0 Å². The number of aliphatic hydroxyl groups excluding tert-OH is 1. The maximum atomic E-state index is 13.8. The minimum atomic E-state index is -0.246. The van der Waals surface area contributed by atoms with Crippen molar-refractivity contribution in [3.8, 4) is 5.75 Å². The molecule has 1 heterocycles. The number of fused-ring (bicyclic) bond motifs is 5. The number of carbonyl (C=O) groups excluding carboxylic acids is 1. The van der Waals surface area contributed by atoms with E-state index in [0.717, 1.165) is 74.8 Å². The maximum absolute atomic E-state index is 13.8. The van der Waals surface area contributed by atoms with Crippen LogP contribution >= 0.6 is 0 Å². The smallest absolute Gasteiger partial charge is 0.165 e. The fraction of sp³-hybridized carbons (Fsp3) is 0.562. The Labute approximate surface area is 220 Å². The fourth-order valence-corrected chi connectivity index (χ4v) is 8.19. The van der Waals surface area contributed by atoms with Crippen LogP contribution in [0.1, 0.15) is 70.8 Å². The van der Waals surface area contributed by atoms with Crippen LogP contribution in [0.25, 0.3) is 6.08 Å². The summed E-state index contributed by atoms with van der Waals surface area (Å²) in [7, 11) is 0. The molecule has 1 aromatic heterocycles. The number of carbonyl (C=O) groups is 1. The normalized spacial score (nSPS) is 36.0. The van der Waals surface area contributed by atoms with Gasteiger partial charge in [0, 0.05) is 24.4 Å². The second-order valence-electron chi connectivity index (χ2n) is 12.4. The summed E-state index contributed by atoms with van der Waals surface area (Å²) < 4.78 is 8.08. The van der Waals surface area contributed by atoms with E-state index >= 15 is 0 Å². The van der Waals surface area contributed by atoms with Crippen molar-refractivity contribution in [2.24, 2.45) is 28.6 Å². The molecule has 0 saturated heterocycles. The highest BCUT2D eigenvalue weighted by Gasteiger charge is 2.59. The minimum absolute atomic E-state index is 0.177. The largest absolute Gasteiger partial charge is 0.494 e. The Morgan fingerprint density at radius 1 is 1.16 bits per heavy atom. The predicted molar refractivity (Wildman–Crippen MR) is 145 cm³/mol. The molecule has 0 radical (unpaired) electrons. The van der Waals surface area contributed by atoms with Crippen LogP contribution in [0, 0.1) is 28.6 Å². The number of allylic oxidation sites excluding steroid dienone is 2. The van der Waals surface area contributed by atoms with Gasteiger partial charge in [-0.2, -0.15) is 0 Å². The number of nitrogens with zero attached hydrogens (tertiary/aromatic N) is 2. The van der Waals surface area contributed by atoms with Gasteiger partial charge in [-0.1, -0.05) is 37.6 Å². The SMILES string of the molecule is C[C@]12CC[C@H](O)CC1=CC[C@@H]1[C@@H]2CC[C@]2(C)C(=O)/C(=C\c3cccc(OCCCn4ccnc4)c3)C[C@@H]12. The van der Waals surface area contributed by atoms with Gasteiger partial charge in [-0.15, -0.1) is 0 Å². The van der Waals surface area contributed by atoms with Crippen molar-refractivity contribution in [3.05, 3.63) is 65.8 Å². The molecule has 4 aliphatic carbocycles. The number of rotatable bonds is 6. The van der Waals surface area contributed by atoms with Crippen LogP contribution in [-0.4, -0.2) is 33.2 Å². The molecule has 3 saturated carbocycles. The molecule has 1 aromatic carbocycles. The highest BCUT2D eigenvalue weighted by atomic mass is 16.5. The van der Waals surface area contributed by atoms with E-state index in [2.05, 4.69) is 47.7 Å². The quantitative estimate of drug-likeness (QED) is 0.290. The molecule has 5 nitrogen and oxygen atoms in total. The van der Waals surface area contributed by atoms with E-state index in [0.29, 0.717) is 30.1 Å². The molecule has 4 aliphatic rings. The molecule has 3 fully saturated rings. The van der Waals surface area contributed by atoms with Crippen LogP contribution in [0.4, 0.5) is 0 Å². The Balaban J connectivity index is 1.17. The predicted octanol–water partition coefficient (Wildman–Crippen LogP) is 6.24. The van der Waals surface area contributed by atoms with Crippen LogP contribution in [0.15, 0.2) is 60.2 Å². The molecular formula is C32H40N2O3. The standard InChI is InChI=1S/C32H40N2O3/c1-31-11-9-25(35)20-24(31)7-8-27-28(31)10-12-32(2)29(27)19-23(30(32)36)17-22-5-3-6-26(18-22)37-16-4-14-34-15-13-33-21-34/h3,5-7,13,15,17-18,21,25,27-29,35H,4,8-12,14,16,19-20H2,1-2H3/b23-17-/t25-,27+,28-,29-,31-,32-/m0/s1. The second kappa shape index (κ2) is 9.58. The Bertz CT molecular complexity index is 1210. The molecule has 0 unspecified atom stereocenters. The van der Waals surface area contributed by atoms with E-state index in [1.807, 2.05) is 24.7 Å². The zero-order valence-corrected chi connectivity index (χ0v) is 22.2. The van der Waals surface area contributed by atoms with Gasteiger partial charge in [0.2, 0.25) is 0 Å². The van der Waals surface area contributed by atoms with Crippen molar-refractivity contribution in [2.75, 3.05) is 6.61 Å². The number of imidazole rings is 1. The van der Waals surface area contributed by atoms with Gasteiger partial charge in [-0.25, -0.2) is 4.98 Å². The molecule has 196 valence electrons. The van der Waals surface area contributed by atoms with Gasteiger partial charge in [0.05, 0.1) is 19.0 Å². The lowest BCUT2D eigenvalue weighted by molar-refractivity contribution is -0.130. The first-order valence-electron chi connectivity index (χ1n) is 14.2. The highest BCUT2D eigenvalue weighted by Crippen LogP contribution is 2.64. The first-order chi connectivity index (χ1) is 17.9. The zero-order valence-electron chi connectivity index (χ0n) is 22.2. The monoisotopic (exact) mass is 500 g/mol.